The van der Waals surface area contributed by atoms with E-state index in [0.29, 0.717) is 0 Å². The van der Waals surface area contributed by atoms with Crippen LogP contribution >= 0.6 is 23.4 Å². The molecule has 108 valence electrons. The van der Waals surface area contributed by atoms with Gasteiger partial charge >= 0.3 is 0 Å². The highest BCUT2D eigenvalue weighted by atomic mass is 35.5. The molecular weight excluding hydrogens is 313 g/mol. The van der Waals surface area contributed by atoms with Crippen molar-refractivity contribution in [2.75, 3.05) is 12.9 Å². The minimum atomic E-state index is -4.01. The third-order valence-corrected chi connectivity index (χ3v) is 5.62. The Morgan fingerprint density at radius 3 is 2.68 bits per heavy atom. The summed E-state index contributed by atoms with van der Waals surface area (Å²) in [5.74, 6) is -0.978. The van der Waals surface area contributed by atoms with Crippen molar-refractivity contribution in [2.45, 2.75) is 23.1 Å². The van der Waals surface area contributed by atoms with Gasteiger partial charge in [-0.3, -0.25) is 0 Å². The van der Waals surface area contributed by atoms with Gasteiger partial charge in [-0.15, -0.1) is 0 Å². The molecule has 0 bridgehead atoms. The van der Waals surface area contributed by atoms with Crippen molar-refractivity contribution >= 4 is 33.4 Å². The average Bonchev–Trinajstić information content (AvgIpc) is 2.33. The molecule has 0 spiro atoms. The number of halogens is 2. The van der Waals surface area contributed by atoms with Crippen LogP contribution in [0.1, 0.15) is 6.92 Å². The molecule has 0 aliphatic rings. The van der Waals surface area contributed by atoms with Gasteiger partial charge in [-0.05, 0) is 25.3 Å². The largest absolute Gasteiger partial charge is 0.395 e. The molecule has 0 amide bonds. The van der Waals surface area contributed by atoms with Crippen LogP contribution in [0, 0.1) is 5.82 Å². The van der Waals surface area contributed by atoms with Gasteiger partial charge < -0.3 is 5.11 Å². The van der Waals surface area contributed by atoms with Crippen molar-refractivity contribution in [3.8, 4) is 0 Å². The summed E-state index contributed by atoms with van der Waals surface area (Å²) in [6, 6.07) is 3.24. The molecule has 1 aromatic rings. The van der Waals surface area contributed by atoms with Crippen LogP contribution in [-0.2, 0) is 10.0 Å². The Balaban J connectivity index is 3.02. The van der Waals surface area contributed by atoms with Crippen LogP contribution in [0.25, 0.3) is 0 Å². The van der Waals surface area contributed by atoms with Crippen LogP contribution in [0.5, 0.6) is 0 Å². The average molecular weight is 328 g/mol. The second-order valence-corrected chi connectivity index (χ2v) is 7.09. The Labute approximate surface area is 121 Å². The number of nitrogens with one attached hydrogen (secondary N) is 1. The van der Waals surface area contributed by atoms with Gasteiger partial charge in [-0.25, -0.2) is 17.5 Å². The zero-order valence-corrected chi connectivity index (χ0v) is 12.8. The van der Waals surface area contributed by atoms with Crippen molar-refractivity contribution in [3.05, 3.63) is 29.0 Å². The Hall–Kier alpha value is -0.340. The summed E-state index contributed by atoms with van der Waals surface area (Å²) < 4.78 is 40.1. The first-order valence-electron chi connectivity index (χ1n) is 5.43. The molecule has 0 heterocycles. The number of benzene rings is 1. The van der Waals surface area contributed by atoms with Crippen LogP contribution in [0.4, 0.5) is 4.39 Å². The van der Waals surface area contributed by atoms with E-state index >= 15 is 0 Å². The molecule has 8 heteroatoms. The molecule has 0 saturated heterocycles. The topological polar surface area (TPSA) is 66.4 Å². The highest BCUT2D eigenvalue weighted by Crippen LogP contribution is 2.22. The number of hydrogen-bond acceptors (Lipinski definition) is 4. The third kappa shape index (κ3) is 4.06. The van der Waals surface area contributed by atoms with Crippen molar-refractivity contribution in [2.24, 2.45) is 0 Å². The molecule has 0 aromatic heterocycles. The molecule has 2 N–H and O–H groups in total. The van der Waals surface area contributed by atoms with Gasteiger partial charge in [-0.1, -0.05) is 17.7 Å². The summed E-state index contributed by atoms with van der Waals surface area (Å²) in [6.45, 7) is 1.43. The van der Waals surface area contributed by atoms with E-state index in [4.69, 9.17) is 16.7 Å². The summed E-state index contributed by atoms with van der Waals surface area (Å²) in [5.41, 5.74) is 0. The normalized spacial score (nSPS) is 15.2. The standard InChI is InChI=1S/C11H15ClFNO3S2/c1-7(9(6-15)18-2)14-19(16,17)10-5-3-4-8(12)11(10)13/h3-5,7,9,14-15H,6H2,1-2H3. The van der Waals surface area contributed by atoms with Gasteiger partial charge in [0.25, 0.3) is 0 Å². The Kier molecular flexibility index (Phi) is 6.07. The molecule has 2 atom stereocenters. The van der Waals surface area contributed by atoms with Crippen LogP contribution in [0.15, 0.2) is 23.1 Å². The number of aliphatic hydroxyl groups excluding tert-OH is 1. The number of aliphatic hydroxyl groups is 1. The molecule has 0 saturated carbocycles. The Morgan fingerprint density at radius 2 is 2.16 bits per heavy atom. The quantitative estimate of drug-likeness (QED) is 0.837. The zero-order valence-electron chi connectivity index (χ0n) is 10.4. The van der Waals surface area contributed by atoms with Gasteiger partial charge in [0.05, 0.1) is 11.6 Å². The van der Waals surface area contributed by atoms with Crippen LogP contribution in [0.2, 0.25) is 5.02 Å². The molecule has 0 fully saturated rings. The fourth-order valence-electron chi connectivity index (χ4n) is 1.51. The van der Waals surface area contributed by atoms with Crippen LogP contribution in [0.3, 0.4) is 0 Å². The number of thioether (sulfide) groups is 1. The third-order valence-electron chi connectivity index (χ3n) is 2.59. The lowest BCUT2D eigenvalue weighted by Gasteiger charge is -2.21. The predicted molar refractivity (Wildman–Crippen MR) is 75.6 cm³/mol. The van der Waals surface area contributed by atoms with Crippen LogP contribution < -0.4 is 4.72 Å². The lowest BCUT2D eigenvalue weighted by Crippen LogP contribution is -2.41. The molecule has 0 radical (unpaired) electrons. The predicted octanol–water partition coefficient (Wildman–Crippen LogP) is 1.87. The molecule has 19 heavy (non-hydrogen) atoms. The van der Waals surface area contributed by atoms with E-state index in [-0.39, 0.29) is 16.9 Å². The second-order valence-electron chi connectivity index (χ2n) is 3.92. The first-order chi connectivity index (χ1) is 8.83. The minimum Gasteiger partial charge on any atom is -0.395 e. The monoisotopic (exact) mass is 327 g/mol. The number of hydrogen-bond donors (Lipinski definition) is 2. The van der Waals surface area contributed by atoms with Gasteiger partial charge in [-0.2, -0.15) is 11.8 Å². The molecule has 1 rings (SSSR count). The van der Waals surface area contributed by atoms with E-state index in [1.165, 1.54) is 23.9 Å². The smallest absolute Gasteiger partial charge is 0.243 e. The van der Waals surface area contributed by atoms with Crippen molar-refractivity contribution in [3.63, 3.8) is 0 Å². The fourth-order valence-corrected chi connectivity index (χ4v) is 3.84. The maximum Gasteiger partial charge on any atom is 0.243 e. The van der Waals surface area contributed by atoms with E-state index in [0.717, 1.165) is 6.07 Å². The van der Waals surface area contributed by atoms with E-state index in [1.807, 2.05) is 0 Å². The SMILES string of the molecule is CSC(CO)C(C)NS(=O)(=O)c1cccc(Cl)c1F. The van der Waals surface area contributed by atoms with E-state index < -0.39 is 26.8 Å². The summed E-state index contributed by atoms with van der Waals surface area (Å²) >= 11 is 6.89. The fraction of sp³-hybridized carbons (Fsp3) is 0.455. The molecule has 0 aliphatic heterocycles. The lowest BCUT2D eigenvalue weighted by molar-refractivity contribution is 0.282. The summed E-state index contributed by atoms with van der Waals surface area (Å²) in [6.07, 6.45) is 1.76. The molecule has 0 aliphatic carbocycles. The van der Waals surface area contributed by atoms with Gasteiger partial charge in [0.15, 0.2) is 5.82 Å². The number of rotatable bonds is 6. The van der Waals surface area contributed by atoms with Crippen LogP contribution in [-0.4, -0.2) is 37.7 Å². The molecular formula is C11H15ClFNO3S2. The van der Waals surface area contributed by atoms with E-state index in [2.05, 4.69) is 4.72 Å². The highest BCUT2D eigenvalue weighted by Gasteiger charge is 2.26. The first-order valence-corrected chi connectivity index (χ1v) is 8.58. The van der Waals surface area contributed by atoms with Gasteiger partial charge in [0.1, 0.15) is 4.90 Å². The maximum atomic E-state index is 13.7. The molecule has 2 unspecified atom stereocenters. The Morgan fingerprint density at radius 1 is 1.53 bits per heavy atom. The highest BCUT2D eigenvalue weighted by molar-refractivity contribution is 7.99. The summed E-state index contributed by atoms with van der Waals surface area (Å²) in [7, 11) is -4.01. The van der Waals surface area contributed by atoms with E-state index in [1.54, 1.807) is 13.2 Å². The minimum absolute atomic E-state index is 0.178. The number of sulfonamides is 1. The van der Waals surface area contributed by atoms with Crippen molar-refractivity contribution in [1.29, 1.82) is 0 Å². The lowest BCUT2D eigenvalue weighted by atomic mass is 10.3. The second kappa shape index (κ2) is 6.90. The summed E-state index contributed by atoms with van der Waals surface area (Å²) in [5, 5.41) is 8.55. The first kappa shape index (κ1) is 16.7. The van der Waals surface area contributed by atoms with E-state index in [9.17, 15) is 12.8 Å². The maximum absolute atomic E-state index is 13.7. The van der Waals surface area contributed by atoms with Gasteiger partial charge in [0.2, 0.25) is 10.0 Å². The van der Waals surface area contributed by atoms with Crippen molar-refractivity contribution < 1.29 is 17.9 Å². The molecule has 4 nitrogen and oxygen atoms in total. The van der Waals surface area contributed by atoms with Crippen molar-refractivity contribution in [1.82, 2.24) is 4.72 Å². The summed E-state index contributed by atoms with van der Waals surface area (Å²) in [4.78, 5) is -0.496. The zero-order chi connectivity index (χ0) is 14.6. The van der Waals surface area contributed by atoms with Gasteiger partial charge in [0, 0.05) is 11.3 Å². The Bertz CT molecular complexity index is 535. The molecule has 1 aromatic carbocycles.